The van der Waals surface area contributed by atoms with Crippen molar-refractivity contribution in [1.82, 2.24) is 10.6 Å². The predicted molar refractivity (Wildman–Crippen MR) is 116 cm³/mol. The minimum atomic E-state index is -1.10. The number of aliphatic hydroxyl groups is 1. The highest BCUT2D eigenvalue weighted by Gasteiger charge is 2.40. The number of benzene rings is 2. The number of carboxylic acid groups (broad SMARTS) is 1. The molecule has 1 heterocycles. The Kier molecular flexibility index (Phi) is 7.17. The van der Waals surface area contributed by atoms with Crippen LogP contribution in [-0.2, 0) is 5.60 Å². The molecule has 1 fully saturated rings. The second-order valence-corrected chi connectivity index (χ2v) is 8.24. The lowest BCUT2D eigenvalue weighted by Gasteiger charge is -2.40. The molecule has 0 bridgehead atoms. The molecule has 0 radical (unpaired) electrons. The van der Waals surface area contributed by atoms with Gasteiger partial charge in [0.25, 0.3) is 0 Å². The molecule has 2 atom stereocenters. The number of hydrogen-bond acceptors (Lipinski definition) is 3. The molecule has 0 aromatic heterocycles. The van der Waals surface area contributed by atoms with Crippen molar-refractivity contribution < 1.29 is 15.0 Å². The Morgan fingerprint density at radius 2 is 2.10 bits per heavy atom. The Labute approximate surface area is 177 Å². The highest BCUT2D eigenvalue weighted by atomic mass is 35.5. The van der Waals surface area contributed by atoms with E-state index in [4.69, 9.17) is 16.7 Å². The lowest BCUT2D eigenvalue weighted by molar-refractivity contribution is -0.0415. The highest BCUT2D eigenvalue weighted by Crippen LogP contribution is 2.44. The number of piperidine rings is 1. The maximum atomic E-state index is 12.0. The van der Waals surface area contributed by atoms with E-state index in [1.165, 1.54) is 0 Å². The first-order valence-corrected chi connectivity index (χ1v) is 10.6. The molecule has 4 N–H and O–H groups in total. The smallest absolute Gasteiger partial charge is 0.404 e. The maximum absolute atomic E-state index is 12.0. The van der Waals surface area contributed by atoms with Crippen LogP contribution in [0, 0.1) is 12.8 Å². The van der Waals surface area contributed by atoms with Gasteiger partial charge in [-0.2, -0.15) is 0 Å². The molecule has 0 saturated carbocycles. The normalized spacial score (nSPS) is 18.8. The van der Waals surface area contributed by atoms with Crippen LogP contribution in [0.3, 0.4) is 0 Å². The molecule has 156 valence electrons. The molecule has 1 aliphatic rings. The second-order valence-electron chi connectivity index (χ2n) is 7.83. The summed E-state index contributed by atoms with van der Waals surface area (Å²) in [5.74, 6) is 0.0307. The Bertz CT molecular complexity index is 852. The molecule has 5 nitrogen and oxygen atoms in total. The summed E-state index contributed by atoms with van der Waals surface area (Å²) >= 11 is 6.65. The molecular weight excluding hydrogens is 388 g/mol. The van der Waals surface area contributed by atoms with Crippen LogP contribution < -0.4 is 10.6 Å². The zero-order chi connectivity index (χ0) is 20.9. The fourth-order valence-corrected chi connectivity index (χ4v) is 4.63. The van der Waals surface area contributed by atoms with Crippen molar-refractivity contribution >= 4 is 17.7 Å². The van der Waals surface area contributed by atoms with Crippen LogP contribution in [0.4, 0.5) is 4.79 Å². The summed E-state index contributed by atoms with van der Waals surface area (Å²) in [5.41, 5.74) is 2.69. The van der Waals surface area contributed by atoms with E-state index in [2.05, 4.69) is 16.7 Å². The maximum Gasteiger partial charge on any atom is 0.404 e. The van der Waals surface area contributed by atoms with Crippen LogP contribution in [0.25, 0.3) is 11.1 Å². The number of aryl methyl sites for hydroxylation is 1. The van der Waals surface area contributed by atoms with Crippen molar-refractivity contribution in [1.29, 1.82) is 0 Å². The predicted octanol–water partition coefficient (Wildman–Crippen LogP) is 4.55. The van der Waals surface area contributed by atoms with E-state index in [0.717, 1.165) is 48.2 Å². The minimum Gasteiger partial charge on any atom is -0.465 e. The fourth-order valence-electron chi connectivity index (χ4n) is 4.35. The van der Waals surface area contributed by atoms with Gasteiger partial charge in [0.2, 0.25) is 0 Å². The Morgan fingerprint density at radius 3 is 2.79 bits per heavy atom. The Balaban J connectivity index is 2.03. The van der Waals surface area contributed by atoms with Crippen LogP contribution in [0.1, 0.15) is 36.8 Å². The molecule has 0 spiro atoms. The van der Waals surface area contributed by atoms with Gasteiger partial charge in [-0.25, -0.2) is 4.79 Å². The van der Waals surface area contributed by atoms with Crippen molar-refractivity contribution in [2.24, 2.45) is 5.92 Å². The van der Waals surface area contributed by atoms with Crippen molar-refractivity contribution in [2.75, 3.05) is 19.6 Å². The third-order valence-electron chi connectivity index (χ3n) is 5.77. The van der Waals surface area contributed by atoms with Crippen LogP contribution in [0.15, 0.2) is 42.5 Å². The topological polar surface area (TPSA) is 81.6 Å². The molecule has 29 heavy (non-hydrogen) atoms. The number of hydrogen-bond donors (Lipinski definition) is 4. The van der Waals surface area contributed by atoms with E-state index in [-0.39, 0.29) is 5.92 Å². The highest BCUT2D eigenvalue weighted by molar-refractivity contribution is 6.33. The van der Waals surface area contributed by atoms with Gasteiger partial charge >= 0.3 is 6.09 Å². The summed E-state index contributed by atoms with van der Waals surface area (Å²) in [6, 6.07) is 13.8. The molecule has 0 aliphatic carbocycles. The molecule has 2 aromatic carbocycles. The first-order chi connectivity index (χ1) is 13.9. The van der Waals surface area contributed by atoms with E-state index < -0.39 is 11.7 Å². The largest absolute Gasteiger partial charge is 0.465 e. The van der Waals surface area contributed by atoms with Gasteiger partial charge in [-0.3, -0.25) is 0 Å². The van der Waals surface area contributed by atoms with E-state index in [1.54, 1.807) is 0 Å². The van der Waals surface area contributed by atoms with Gasteiger partial charge < -0.3 is 20.8 Å². The summed E-state index contributed by atoms with van der Waals surface area (Å²) in [6.07, 6.45) is 1.87. The number of carbonyl (C=O) groups is 1. The number of nitrogens with one attached hydrogen (secondary N) is 2. The van der Waals surface area contributed by atoms with Gasteiger partial charge in [-0.15, -0.1) is 0 Å². The van der Waals surface area contributed by atoms with E-state index in [0.29, 0.717) is 24.4 Å². The molecule has 1 amide bonds. The molecule has 3 rings (SSSR count). The molecule has 2 aromatic rings. The van der Waals surface area contributed by atoms with Crippen LogP contribution >= 0.6 is 11.6 Å². The molecule has 6 heteroatoms. The van der Waals surface area contributed by atoms with E-state index in [9.17, 15) is 9.90 Å². The number of rotatable bonds is 7. The summed E-state index contributed by atoms with van der Waals surface area (Å²) in [5, 5.41) is 27.3. The Morgan fingerprint density at radius 1 is 1.31 bits per heavy atom. The zero-order valence-electron chi connectivity index (χ0n) is 16.7. The first-order valence-electron chi connectivity index (χ1n) is 10.2. The van der Waals surface area contributed by atoms with Gasteiger partial charge in [0, 0.05) is 29.6 Å². The monoisotopic (exact) mass is 416 g/mol. The third kappa shape index (κ3) is 5.10. The van der Waals surface area contributed by atoms with E-state index in [1.807, 2.05) is 43.3 Å². The van der Waals surface area contributed by atoms with Crippen molar-refractivity contribution in [3.05, 3.63) is 58.6 Å². The minimum absolute atomic E-state index is 0.0307. The Hall–Kier alpha value is -2.08. The lowest BCUT2D eigenvalue weighted by Crippen LogP contribution is -2.45. The third-order valence-corrected chi connectivity index (χ3v) is 6.08. The fraction of sp³-hybridized carbons (Fsp3) is 0.435. The molecule has 2 unspecified atom stereocenters. The van der Waals surface area contributed by atoms with Gasteiger partial charge in [0.05, 0.1) is 5.60 Å². The molecule has 1 aliphatic heterocycles. The van der Waals surface area contributed by atoms with Crippen LogP contribution in [-0.4, -0.2) is 35.9 Å². The molecular formula is C23H29ClN2O3. The van der Waals surface area contributed by atoms with Crippen molar-refractivity contribution in [2.45, 2.75) is 38.2 Å². The molecule has 1 saturated heterocycles. The SMILES string of the molecule is Cc1cccc(-c2c(Cl)cccc2C(O)(CCCNC(=O)O)C2CCCNC2)c1. The number of halogens is 1. The van der Waals surface area contributed by atoms with Gasteiger partial charge in [0.1, 0.15) is 0 Å². The average molecular weight is 417 g/mol. The summed E-state index contributed by atoms with van der Waals surface area (Å²) in [7, 11) is 0. The summed E-state index contributed by atoms with van der Waals surface area (Å²) in [6.45, 7) is 4.02. The zero-order valence-corrected chi connectivity index (χ0v) is 17.5. The van der Waals surface area contributed by atoms with E-state index >= 15 is 0 Å². The van der Waals surface area contributed by atoms with Crippen molar-refractivity contribution in [3.63, 3.8) is 0 Å². The van der Waals surface area contributed by atoms with Gasteiger partial charge in [-0.1, -0.05) is 53.6 Å². The average Bonchev–Trinajstić information content (AvgIpc) is 2.71. The number of amides is 1. The summed E-state index contributed by atoms with van der Waals surface area (Å²) in [4.78, 5) is 10.8. The lowest BCUT2D eigenvalue weighted by atomic mass is 9.72. The summed E-state index contributed by atoms with van der Waals surface area (Å²) < 4.78 is 0. The van der Waals surface area contributed by atoms with Gasteiger partial charge in [-0.05, 0) is 56.3 Å². The standard InChI is InChI=1S/C23H29ClN2O3/c1-16-6-2-7-17(14-16)21-19(9-3-10-20(21)24)23(29,11-5-13-26-22(27)28)18-8-4-12-25-15-18/h2-3,6-7,9-10,14,18,25-26,29H,4-5,8,11-13,15H2,1H3,(H,27,28). The van der Waals surface area contributed by atoms with Crippen molar-refractivity contribution in [3.8, 4) is 11.1 Å². The van der Waals surface area contributed by atoms with Gasteiger partial charge in [0.15, 0.2) is 0 Å². The first kappa shape index (κ1) is 21.6. The second kappa shape index (κ2) is 9.61. The van der Waals surface area contributed by atoms with Crippen LogP contribution in [0.5, 0.6) is 0 Å². The van der Waals surface area contributed by atoms with Crippen LogP contribution in [0.2, 0.25) is 5.02 Å². The quantitative estimate of drug-likeness (QED) is 0.499.